The molecule has 76 valence electrons. The van der Waals surface area contributed by atoms with Gasteiger partial charge in [0, 0.05) is 11.8 Å². The lowest BCUT2D eigenvalue weighted by molar-refractivity contribution is 0.415. The molecule has 1 aromatic heterocycles. The Labute approximate surface area is 96.3 Å². The van der Waals surface area contributed by atoms with Crippen LogP contribution in [0.2, 0.25) is 0 Å². The van der Waals surface area contributed by atoms with Crippen LogP contribution in [0.1, 0.15) is 0 Å². The third-order valence-corrected chi connectivity index (χ3v) is 2.41. The van der Waals surface area contributed by atoms with Crippen LogP contribution >= 0.6 is 15.9 Å². The molecule has 0 unspecified atom stereocenters. The fourth-order valence-electron chi connectivity index (χ4n) is 1.22. The SMILES string of the molecule is COc1ccc(-c2nccc(Br)n2)cc1. The topological polar surface area (TPSA) is 35.0 Å². The maximum absolute atomic E-state index is 5.08. The molecular weight excluding hydrogens is 256 g/mol. The molecule has 0 bridgehead atoms. The van der Waals surface area contributed by atoms with Gasteiger partial charge in [-0.25, -0.2) is 9.97 Å². The first-order valence-electron chi connectivity index (χ1n) is 4.42. The molecule has 0 aliphatic carbocycles. The molecule has 1 aromatic carbocycles. The Bertz CT molecular complexity index is 456. The molecular formula is C11H9BrN2O. The Kier molecular flexibility index (Phi) is 2.97. The van der Waals surface area contributed by atoms with Crippen LogP contribution in [-0.4, -0.2) is 17.1 Å². The van der Waals surface area contributed by atoms with Gasteiger partial charge >= 0.3 is 0 Å². The summed E-state index contributed by atoms with van der Waals surface area (Å²) in [6.07, 6.45) is 1.72. The van der Waals surface area contributed by atoms with Crippen molar-refractivity contribution in [3.05, 3.63) is 41.1 Å². The van der Waals surface area contributed by atoms with Crippen LogP contribution in [0.5, 0.6) is 5.75 Å². The molecule has 0 amide bonds. The highest BCUT2D eigenvalue weighted by atomic mass is 79.9. The van der Waals surface area contributed by atoms with Crippen molar-refractivity contribution in [3.8, 4) is 17.1 Å². The molecule has 4 heteroatoms. The molecule has 15 heavy (non-hydrogen) atoms. The summed E-state index contributed by atoms with van der Waals surface area (Å²) in [5, 5.41) is 0. The van der Waals surface area contributed by atoms with Gasteiger partial charge in [0.2, 0.25) is 0 Å². The van der Waals surface area contributed by atoms with Gasteiger partial charge in [0.25, 0.3) is 0 Å². The maximum atomic E-state index is 5.08. The number of hydrogen-bond donors (Lipinski definition) is 0. The average molecular weight is 265 g/mol. The number of nitrogens with zero attached hydrogens (tertiary/aromatic N) is 2. The third kappa shape index (κ3) is 2.33. The van der Waals surface area contributed by atoms with E-state index < -0.39 is 0 Å². The Hall–Kier alpha value is -1.42. The van der Waals surface area contributed by atoms with E-state index in [1.54, 1.807) is 19.4 Å². The largest absolute Gasteiger partial charge is 0.497 e. The van der Waals surface area contributed by atoms with E-state index in [1.807, 2.05) is 24.3 Å². The minimum absolute atomic E-state index is 0.701. The summed E-state index contributed by atoms with van der Waals surface area (Å²) < 4.78 is 5.86. The summed E-state index contributed by atoms with van der Waals surface area (Å²) in [6, 6.07) is 9.44. The van der Waals surface area contributed by atoms with E-state index in [4.69, 9.17) is 4.74 Å². The Balaban J connectivity index is 2.37. The van der Waals surface area contributed by atoms with Crippen molar-refractivity contribution >= 4 is 15.9 Å². The summed E-state index contributed by atoms with van der Waals surface area (Å²) in [6.45, 7) is 0. The van der Waals surface area contributed by atoms with Crippen LogP contribution < -0.4 is 4.74 Å². The van der Waals surface area contributed by atoms with E-state index >= 15 is 0 Å². The van der Waals surface area contributed by atoms with Crippen LogP contribution in [0, 0.1) is 0 Å². The van der Waals surface area contributed by atoms with Gasteiger partial charge < -0.3 is 4.74 Å². The first-order valence-corrected chi connectivity index (χ1v) is 5.22. The number of benzene rings is 1. The summed E-state index contributed by atoms with van der Waals surface area (Å²) in [4.78, 5) is 8.45. The zero-order valence-corrected chi connectivity index (χ0v) is 9.73. The quantitative estimate of drug-likeness (QED) is 0.783. The lowest BCUT2D eigenvalue weighted by atomic mass is 10.2. The number of methoxy groups -OCH3 is 1. The predicted molar refractivity (Wildman–Crippen MR) is 61.7 cm³/mol. The monoisotopic (exact) mass is 264 g/mol. The van der Waals surface area contributed by atoms with E-state index in [9.17, 15) is 0 Å². The molecule has 0 spiro atoms. The lowest BCUT2D eigenvalue weighted by Crippen LogP contribution is -1.88. The Morgan fingerprint density at radius 2 is 1.87 bits per heavy atom. The van der Waals surface area contributed by atoms with Crippen molar-refractivity contribution in [2.75, 3.05) is 7.11 Å². The second kappa shape index (κ2) is 4.40. The zero-order chi connectivity index (χ0) is 10.7. The molecule has 3 nitrogen and oxygen atoms in total. The summed E-state index contributed by atoms with van der Waals surface area (Å²) in [7, 11) is 1.64. The van der Waals surface area contributed by atoms with Crippen LogP contribution in [0.15, 0.2) is 41.1 Å². The maximum Gasteiger partial charge on any atom is 0.160 e. The molecule has 2 rings (SSSR count). The highest BCUT2D eigenvalue weighted by Gasteiger charge is 2.01. The minimum Gasteiger partial charge on any atom is -0.497 e. The van der Waals surface area contributed by atoms with E-state index in [0.29, 0.717) is 5.82 Å². The van der Waals surface area contributed by atoms with Gasteiger partial charge in [0.15, 0.2) is 5.82 Å². The van der Waals surface area contributed by atoms with E-state index in [2.05, 4.69) is 25.9 Å². The van der Waals surface area contributed by atoms with Crippen LogP contribution in [-0.2, 0) is 0 Å². The molecule has 0 aliphatic heterocycles. The van der Waals surface area contributed by atoms with E-state index in [0.717, 1.165) is 15.9 Å². The van der Waals surface area contributed by atoms with Crippen LogP contribution in [0.3, 0.4) is 0 Å². The van der Waals surface area contributed by atoms with Gasteiger partial charge in [-0.2, -0.15) is 0 Å². The van der Waals surface area contributed by atoms with Gasteiger partial charge in [0.05, 0.1) is 7.11 Å². The smallest absolute Gasteiger partial charge is 0.160 e. The van der Waals surface area contributed by atoms with Crippen molar-refractivity contribution in [1.82, 2.24) is 9.97 Å². The van der Waals surface area contributed by atoms with Crippen molar-refractivity contribution in [2.24, 2.45) is 0 Å². The first-order chi connectivity index (χ1) is 7.29. The molecule has 1 heterocycles. The lowest BCUT2D eigenvalue weighted by Gasteiger charge is -2.02. The van der Waals surface area contributed by atoms with Crippen molar-refractivity contribution in [3.63, 3.8) is 0 Å². The van der Waals surface area contributed by atoms with Gasteiger partial charge in [-0.05, 0) is 46.3 Å². The zero-order valence-electron chi connectivity index (χ0n) is 8.14. The highest BCUT2D eigenvalue weighted by molar-refractivity contribution is 9.10. The average Bonchev–Trinajstić information content (AvgIpc) is 2.29. The van der Waals surface area contributed by atoms with Crippen molar-refractivity contribution < 1.29 is 4.74 Å². The molecule has 2 aromatic rings. The number of rotatable bonds is 2. The summed E-state index contributed by atoms with van der Waals surface area (Å²) in [5.41, 5.74) is 0.970. The molecule has 0 fully saturated rings. The van der Waals surface area contributed by atoms with E-state index in [1.165, 1.54) is 0 Å². The first kappa shape index (κ1) is 10.1. The second-order valence-corrected chi connectivity index (χ2v) is 3.74. The highest BCUT2D eigenvalue weighted by Crippen LogP contribution is 2.19. The van der Waals surface area contributed by atoms with Crippen molar-refractivity contribution in [1.29, 1.82) is 0 Å². The minimum atomic E-state index is 0.701. The fraction of sp³-hybridized carbons (Fsp3) is 0.0909. The van der Waals surface area contributed by atoms with E-state index in [-0.39, 0.29) is 0 Å². The number of halogens is 1. The van der Waals surface area contributed by atoms with Crippen LogP contribution in [0.25, 0.3) is 11.4 Å². The normalized spacial score (nSPS) is 10.0. The van der Waals surface area contributed by atoms with Gasteiger partial charge in [-0.15, -0.1) is 0 Å². The molecule has 0 saturated carbocycles. The Morgan fingerprint density at radius 3 is 2.47 bits per heavy atom. The molecule has 0 saturated heterocycles. The summed E-state index contributed by atoms with van der Waals surface area (Å²) >= 11 is 3.31. The predicted octanol–water partition coefficient (Wildman–Crippen LogP) is 2.91. The van der Waals surface area contributed by atoms with Gasteiger partial charge in [-0.3, -0.25) is 0 Å². The number of ether oxygens (including phenoxy) is 1. The summed E-state index contributed by atoms with van der Waals surface area (Å²) in [5.74, 6) is 1.53. The molecule has 0 radical (unpaired) electrons. The van der Waals surface area contributed by atoms with Crippen LogP contribution in [0.4, 0.5) is 0 Å². The van der Waals surface area contributed by atoms with Gasteiger partial charge in [0.1, 0.15) is 10.4 Å². The third-order valence-electron chi connectivity index (χ3n) is 1.97. The second-order valence-electron chi connectivity index (χ2n) is 2.93. The number of hydrogen-bond acceptors (Lipinski definition) is 3. The fourth-order valence-corrected chi connectivity index (χ4v) is 1.50. The Morgan fingerprint density at radius 1 is 1.13 bits per heavy atom. The van der Waals surface area contributed by atoms with Crippen molar-refractivity contribution in [2.45, 2.75) is 0 Å². The number of aromatic nitrogens is 2. The standard InChI is InChI=1S/C11H9BrN2O/c1-15-9-4-2-8(3-5-9)11-13-7-6-10(12)14-11/h2-7H,1H3. The molecule has 0 N–H and O–H groups in total. The molecule has 0 aliphatic rings. The van der Waals surface area contributed by atoms with Gasteiger partial charge in [-0.1, -0.05) is 0 Å². The molecule has 0 atom stereocenters.